The Hall–Kier alpha value is -2.01. The lowest BCUT2D eigenvalue weighted by Crippen LogP contribution is -2.38. The molecule has 1 N–H and O–H groups in total. The van der Waals surface area contributed by atoms with Crippen molar-refractivity contribution in [1.82, 2.24) is 20.0 Å². The molecule has 0 aliphatic rings. The summed E-state index contributed by atoms with van der Waals surface area (Å²) in [6.07, 6.45) is 0. The van der Waals surface area contributed by atoms with E-state index in [-0.39, 0.29) is 12.1 Å². The molecule has 1 heterocycles. The van der Waals surface area contributed by atoms with E-state index in [1.807, 2.05) is 56.8 Å². The molecule has 0 aliphatic heterocycles. The maximum Gasteiger partial charge on any atom is 0.317 e. The van der Waals surface area contributed by atoms with Crippen LogP contribution in [-0.2, 0) is 13.6 Å². The van der Waals surface area contributed by atoms with Gasteiger partial charge in [0, 0.05) is 36.9 Å². The summed E-state index contributed by atoms with van der Waals surface area (Å²) in [7, 11) is 3.66. The van der Waals surface area contributed by atoms with E-state index in [1.165, 1.54) is 0 Å². The zero-order valence-corrected chi connectivity index (χ0v) is 15.0. The molecule has 1 aromatic heterocycles. The van der Waals surface area contributed by atoms with Gasteiger partial charge in [-0.3, -0.25) is 4.68 Å². The molecule has 0 bridgehead atoms. The Morgan fingerprint density at radius 2 is 2.04 bits per heavy atom. The largest absolute Gasteiger partial charge is 0.331 e. The van der Waals surface area contributed by atoms with Crippen molar-refractivity contribution < 1.29 is 4.79 Å². The molecule has 1 atom stereocenters. The lowest BCUT2D eigenvalue weighted by Gasteiger charge is -2.22. The maximum atomic E-state index is 12.4. The van der Waals surface area contributed by atoms with E-state index in [2.05, 4.69) is 10.4 Å². The highest BCUT2D eigenvalue weighted by molar-refractivity contribution is 6.31. The Morgan fingerprint density at radius 3 is 2.61 bits per heavy atom. The second kappa shape index (κ2) is 7.04. The van der Waals surface area contributed by atoms with Gasteiger partial charge in [-0.05, 0) is 32.4 Å². The molecular formula is C17H23ClN4O. The van der Waals surface area contributed by atoms with Gasteiger partial charge >= 0.3 is 6.03 Å². The van der Waals surface area contributed by atoms with Gasteiger partial charge in [-0.2, -0.15) is 5.10 Å². The van der Waals surface area contributed by atoms with Crippen LogP contribution in [0, 0.1) is 13.8 Å². The van der Waals surface area contributed by atoms with Crippen molar-refractivity contribution in [2.45, 2.75) is 33.4 Å². The Kier molecular flexibility index (Phi) is 5.31. The standard InChI is InChI=1S/C17H23ClN4O/c1-11(16-12(2)20-22(5)13(16)3)19-17(23)21(4)10-14-8-6-7-9-15(14)18/h6-9,11H,10H2,1-5H3,(H,19,23). The summed E-state index contributed by atoms with van der Waals surface area (Å²) in [6, 6.07) is 7.29. The lowest BCUT2D eigenvalue weighted by atomic mass is 10.1. The number of urea groups is 1. The fourth-order valence-electron chi connectivity index (χ4n) is 2.74. The van der Waals surface area contributed by atoms with Crippen molar-refractivity contribution in [2.24, 2.45) is 7.05 Å². The lowest BCUT2D eigenvalue weighted by molar-refractivity contribution is 0.203. The Bertz CT molecular complexity index is 711. The third-order valence-corrected chi connectivity index (χ3v) is 4.42. The van der Waals surface area contributed by atoms with Crippen LogP contribution in [0.3, 0.4) is 0 Å². The van der Waals surface area contributed by atoms with Gasteiger partial charge in [0.2, 0.25) is 0 Å². The van der Waals surface area contributed by atoms with E-state index in [1.54, 1.807) is 11.9 Å². The molecule has 1 unspecified atom stereocenters. The Balaban J connectivity index is 2.05. The molecule has 124 valence electrons. The highest BCUT2D eigenvalue weighted by Crippen LogP contribution is 2.21. The molecule has 5 nitrogen and oxygen atoms in total. The van der Waals surface area contributed by atoms with E-state index in [0.29, 0.717) is 11.6 Å². The zero-order valence-electron chi connectivity index (χ0n) is 14.2. The number of benzene rings is 1. The fraction of sp³-hybridized carbons (Fsp3) is 0.412. The number of carbonyl (C=O) groups is 1. The summed E-state index contributed by atoms with van der Waals surface area (Å²) >= 11 is 6.15. The van der Waals surface area contributed by atoms with Gasteiger partial charge in [0.25, 0.3) is 0 Å². The van der Waals surface area contributed by atoms with Gasteiger partial charge in [-0.25, -0.2) is 4.79 Å². The van der Waals surface area contributed by atoms with Crippen molar-refractivity contribution in [2.75, 3.05) is 7.05 Å². The molecule has 0 fully saturated rings. The normalized spacial score (nSPS) is 12.1. The molecule has 0 spiro atoms. The molecule has 2 aromatic rings. The van der Waals surface area contributed by atoms with Gasteiger partial charge in [-0.15, -0.1) is 0 Å². The van der Waals surface area contributed by atoms with Crippen LogP contribution in [0.5, 0.6) is 0 Å². The first-order valence-electron chi connectivity index (χ1n) is 7.56. The van der Waals surface area contributed by atoms with Crippen LogP contribution in [0.1, 0.15) is 35.5 Å². The van der Waals surface area contributed by atoms with Crippen LogP contribution in [-0.4, -0.2) is 27.8 Å². The minimum Gasteiger partial charge on any atom is -0.331 e. The first kappa shape index (κ1) is 17.3. The van der Waals surface area contributed by atoms with E-state index in [0.717, 1.165) is 22.5 Å². The molecule has 0 saturated carbocycles. The molecule has 23 heavy (non-hydrogen) atoms. The van der Waals surface area contributed by atoms with Crippen molar-refractivity contribution in [3.05, 3.63) is 51.8 Å². The summed E-state index contributed by atoms with van der Waals surface area (Å²) in [5, 5.41) is 8.08. The van der Waals surface area contributed by atoms with Gasteiger partial charge < -0.3 is 10.2 Å². The summed E-state index contributed by atoms with van der Waals surface area (Å²) in [6.45, 7) is 6.39. The minimum absolute atomic E-state index is 0.107. The molecule has 0 aliphatic carbocycles. The predicted octanol–water partition coefficient (Wildman–Crippen LogP) is 3.59. The average molecular weight is 335 g/mol. The SMILES string of the molecule is Cc1nn(C)c(C)c1C(C)NC(=O)N(C)Cc1ccccc1Cl. The smallest absolute Gasteiger partial charge is 0.317 e. The van der Waals surface area contributed by atoms with Crippen molar-refractivity contribution in [3.63, 3.8) is 0 Å². The first-order valence-corrected chi connectivity index (χ1v) is 7.94. The molecule has 1 aromatic carbocycles. The quantitative estimate of drug-likeness (QED) is 0.928. The highest BCUT2D eigenvalue weighted by Gasteiger charge is 2.20. The van der Waals surface area contributed by atoms with Crippen molar-refractivity contribution in [1.29, 1.82) is 0 Å². The molecule has 2 amide bonds. The number of hydrogen-bond acceptors (Lipinski definition) is 2. The van der Waals surface area contributed by atoms with E-state index in [9.17, 15) is 4.79 Å². The minimum atomic E-state index is -0.139. The van der Waals surface area contributed by atoms with Crippen LogP contribution in [0.15, 0.2) is 24.3 Å². The topological polar surface area (TPSA) is 50.2 Å². The number of nitrogens with one attached hydrogen (secondary N) is 1. The van der Waals surface area contributed by atoms with Gasteiger partial charge in [-0.1, -0.05) is 29.8 Å². The number of carbonyl (C=O) groups excluding carboxylic acids is 1. The maximum absolute atomic E-state index is 12.4. The number of nitrogens with zero attached hydrogens (tertiary/aromatic N) is 3. The van der Waals surface area contributed by atoms with Gasteiger partial charge in [0.15, 0.2) is 0 Å². The summed E-state index contributed by atoms with van der Waals surface area (Å²) in [4.78, 5) is 14.0. The van der Waals surface area contributed by atoms with Crippen LogP contribution < -0.4 is 5.32 Å². The fourth-order valence-corrected chi connectivity index (χ4v) is 2.93. The number of aromatic nitrogens is 2. The third-order valence-electron chi connectivity index (χ3n) is 4.05. The van der Waals surface area contributed by atoms with Crippen LogP contribution >= 0.6 is 11.6 Å². The Morgan fingerprint density at radius 1 is 1.39 bits per heavy atom. The number of aryl methyl sites for hydroxylation is 2. The predicted molar refractivity (Wildman–Crippen MR) is 92.5 cm³/mol. The molecule has 6 heteroatoms. The monoisotopic (exact) mass is 334 g/mol. The number of rotatable bonds is 4. The summed E-state index contributed by atoms with van der Waals surface area (Å²) in [5.74, 6) is 0. The molecular weight excluding hydrogens is 312 g/mol. The molecule has 2 rings (SSSR count). The van der Waals surface area contributed by atoms with E-state index >= 15 is 0 Å². The number of amides is 2. The Labute approximate surface area is 142 Å². The second-order valence-electron chi connectivity index (χ2n) is 5.83. The molecule has 0 saturated heterocycles. The summed E-state index contributed by atoms with van der Waals surface area (Å²) in [5.41, 5.74) is 3.98. The number of hydrogen-bond donors (Lipinski definition) is 1. The van der Waals surface area contributed by atoms with E-state index in [4.69, 9.17) is 11.6 Å². The average Bonchev–Trinajstić information content (AvgIpc) is 2.74. The number of halogens is 1. The van der Waals surface area contributed by atoms with Crippen molar-refractivity contribution in [3.8, 4) is 0 Å². The highest BCUT2D eigenvalue weighted by atomic mass is 35.5. The van der Waals surface area contributed by atoms with Crippen LogP contribution in [0.4, 0.5) is 4.79 Å². The first-order chi connectivity index (χ1) is 10.8. The summed E-state index contributed by atoms with van der Waals surface area (Å²) < 4.78 is 1.83. The molecule has 0 radical (unpaired) electrons. The van der Waals surface area contributed by atoms with Crippen LogP contribution in [0.25, 0.3) is 0 Å². The van der Waals surface area contributed by atoms with E-state index < -0.39 is 0 Å². The van der Waals surface area contributed by atoms with Crippen molar-refractivity contribution >= 4 is 17.6 Å². The second-order valence-corrected chi connectivity index (χ2v) is 6.23. The zero-order chi connectivity index (χ0) is 17.1. The van der Waals surface area contributed by atoms with Crippen LogP contribution in [0.2, 0.25) is 5.02 Å². The third kappa shape index (κ3) is 3.85. The van der Waals surface area contributed by atoms with Gasteiger partial charge in [0.1, 0.15) is 0 Å². The van der Waals surface area contributed by atoms with Gasteiger partial charge in [0.05, 0.1) is 11.7 Å².